The summed E-state index contributed by atoms with van der Waals surface area (Å²) in [5.41, 5.74) is 4.57. The van der Waals surface area contributed by atoms with Gasteiger partial charge >= 0.3 is 5.97 Å². The van der Waals surface area contributed by atoms with Crippen LogP contribution in [-0.4, -0.2) is 30.3 Å². The van der Waals surface area contributed by atoms with Crippen molar-refractivity contribution in [1.29, 1.82) is 0 Å². The zero-order valence-electron chi connectivity index (χ0n) is 21.8. The molecule has 4 aromatic carbocycles. The summed E-state index contributed by atoms with van der Waals surface area (Å²) in [5, 5.41) is 11.6. The number of rotatable bonds is 9. The Labute approximate surface area is 230 Å². The SMILES string of the molecule is Cc1cc(OCC(=O)O)ccc1N1CC(CCC[C@H](C)c2cccc3ccccc23)Oc2ccccc21.Cl. The first-order valence-corrected chi connectivity index (χ1v) is 13.0. The number of carboxylic acids is 1. The van der Waals surface area contributed by atoms with Crippen LogP contribution in [0.5, 0.6) is 11.5 Å². The van der Waals surface area contributed by atoms with Crippen LogP contribution >= 0.6 is 12.4 Å². The number of nitrogens with zero attached hydrogens (tertiary/aromatic N) is 1. The Balaban J connectivity index is 0.00000336. The van der Waals surface area contributed by atoms with Crippen molar-refractivity contribution in [2.45, 2.75) is 45.1 Å². The highest BCUT2D eigenvalue weighted by Crippen LogP contribution is 2.41. The second-order valence-corrected chi connectivity index (χ2v) is 9.85. The zero-order valence-corrected chi connectivity index (χ0v) is 22.6. The summed E-state index contributed by atoms with van der Waals surface area (Å²) in [5.74, 6) is 0.941. The molecule has 0 amide bonds. The second-order valence-electron chi connectivity index (χ2n) is 9.85. The van der Waals surface area contributed by atoms with Gasteiger partial charge < -0.3 is 19.5 Å². The first-order valence-electron chi connectivity index (χ1n) is 13.0. The summed E-state index contributed by atoms with van der Waals surface area (Å²) in [6.07, 6.45) is 3.23. The number of aliphatic carboxylic acids is 1. The Morgan fingerprint density at radius 3 is 2.61 bits per heavy atom. The summed E-state index contributed by atoms with van der Waals surface area (Å²) in [6.45, 7) is 4.76. The van der Waals surface area contributed by atoms with Gasteiger partial charge in [-0.2, -0.15) is 0 Å². The third kappa shape index (κ3) is 6.05. The van der Waals surface area contributed by atoms with Crippen molar-refractivity contribution in [3.8, 4) is 11.5 Å². The smallest absolute Gasteiger partial charge is 0.341 e. The molecule has 0 fully saturated rings. The van der Waals surface area contributed by atoms with Gasteiger partial charge in [0.1, 0.15) is 17.6 Å². The maximum absolute atomic E-state index is 10.9. The largest absolute Gasteiger partial charge is 0.486 e. The fourth-order valence-corrected chi connectivity index (χ4v) is 5.33. The minimum atomic E-state index is -0.985. The Morgan fingerprint density at radius 2 is 1.79 bits per heavy atom. The van der Waals surface area contributed by atoms with Crippen LogP contribution in [0, 0.1) is 6.92 Å². The normalized spacial score (nSPS) is 15.2. The van der Waals surface area contributed by atoms with E-state index < -0.39 is 5.97 Å². The number of halogens is 1. The van der Waals surface area contributed by atoms with Crippen molar-refractivity contribution in [2.75, 3.05) is 18.1 Å². The van der Waals surface area contributed by atoms with Gasteiger partial charge in [0.05, 0.1) is 12.2 Å². The second kappa shape index (κ2) is 12.2. The molecule has 0 bridgehead atoms. The number of aryl methyl sites for hydroxylation is 1. The highest BCUT2D eigenvalue weighted by molar-refractivity contribution is 5.86. The lowest BCUT2D eigenvalue weighted by Gasteiger charge is -2.37. The molecule has 0 spiro atoms. The quantitative estimate of drug-likeness (QED) is 0.238. The molecule has 0 radical (unpaired) electrons. The standard InChI is InChI=1S/C32H33NO4.ClH/c1-22(27-14-8-11-24-10-3-4-13-28(24)27)9-7-12-26-20-33(30-15-5-6-16-31(30)37-26)29-18-17-25(19-23(29)2)36-21-32(34)35;/h3-6,8,10-11,13-19,22,26H,7,9,12,20-21H2,1-2H3,(H,34,35);1H/t22-,26?;/m0./s1. The first-order chi connectivity index (χ1) is 18.0. The van der Waals surface area contributed by atoms with Crippen molar-refractivity contribution in [1.82, 2.24) is 0 Å². The molecule has 38 heavy (non-hydrogen) atoms. The van der Waals surface area contributed by atoms with Gasteiger partial charge in [0, 0.05) is 5.69 Å². The lowest BCUT2D eigenvalue weighted by Crippen LogP contribution is -2.37. The summed E-state index contributed by atoms with van der Waals surface area (Å²) >= 11 is 0. The minimum Gasteiger partial charge on any atom is -0.486 e. The monoisotopic (exact) mass is 531 g/mol. The van der Waals surface area contributed by atoms with E-state index in [0.29, 0.717) is 11.7 Å². The van der Waals surface area contributed by atoms with Crippen LogP contribution in [0.15, 0.2) is 84.9 Å². The topological polar surface area (TPSA) is 59.0 Å². The van der Waals surface area contributed by atoms with Crippen LogP contribution < -0.4 is 14.4 Å². The fourth-order valence-electron chi connectivity index (χ4n) is 5.33. The average molecular weight is 532 g/mol. The van der Waals surface area contributed by atoms with Gasteiger partial charge in [0.15, 0.2) is 6.61 Å². The molecule has 5 rings (SSSR count). The van der Waals surface area contributed by atoms with Crippen LogP contribution in [0.25, 0.3) is 10.8 Å². The van der Waals surface area contributed by atoms with Crippen molar-refractivity contribution in [2.24, 2.45) is 0 Å². The van der Waals surface area contributed by atoms with Crippen LogP contribution in [0.3, 0.4) is 0 Å². The van der Waals surface area contributed by atoms with Crippen molar-refractivity contribution >= 4 is 40.5 Å². The summed E-state index contributed by atoms with van der Waals surface area (Å²) in [7, 11) is 0. The maximum atomic E-state index is 10.9. The van der Waals surface area contributed by atoms with Gasteiger partial charge in [-0.15, -0.1) is 12.4 Å². The molecule has 1 aliphatic rings. The molecule has 0 saturated heterocycles. The molecule has 5 nitrogen and oxygen atoms in total. The molecular weight excluding hydrogens is 498 g/mol. The van der Waals surface area contributed by atoms with E-state index >= 15 is 0 Å². The number of para-hydroxylation sites is 2. The molecule has 0 aliphatic carbocycles. The Bertz CT molecular complexity index is 1400. The van der Waals surface area contributed by atoms with Gasteiger partial charge in [-0.3, -0.25) is 0 Å². The zero-order chi connectivity index (χ0) is 25.8. The lowest BCUT2D eigenvalue weighted by molar-refractivity contribution is -0.139. The van der Waals surface area contributed by atoms with E-state index in [1.54, 1.807) is 0 Å². The van der Waals surface area contributed by atoms with E-state index in [1.807, 2.05) is 43.3 Å². The van der Waals surface area contributed by atoms with Gasteiger partial charge in [0.2, 0.25) is 0 Å². The Kier molecular flexibility index (Phi) is 8.80. The third-order valence-corrected chi connectivity index (χ3v) is 7.17. The van der Waals surface area contributed by atoms with Crippen LogP contribution in [0.2, 0.25) is 0 Å². The molecule has 2 atom stereocenters. The van der Waals surface area contributed by atoms with E-state index in [9.17, 15) is 4.79 Å². The van der Waals surface area contributed by atoms with E-state index in [0.717, 1.165) is 48.5 Å². The highest BCUT2D eigenvalue weighted by Gasteiger charge is 2.27. The molecule has 6 heteroatoms. The number of hydrogen-bond donors (Lipinski definition) is 1. The molecule has 1 N–H and O–H groups in total. The molecule has 1 unspecified atom stereocenters. The van der Waals surface area contributed by atoms with E-state index in [-0.39, 0.29) is 25.1 Å². The summed E-state index contributed by atoms with van der Waals surface area (Å²) in [4.78, 5) is 13.2. The average Bonchev–Trinajstić information content (AvgIpc) is 2.91. The van der Waals surface area contributed by atoms with E-state index in [4.69, 9.17) is 14.6 Å². The highest BCUT2D eigenvalue weighted by atomic mass is 35.5. The molecule has 4 aromatic rings. The maximum Gasteiger partial charge on any atom is 0.341 e. The van der Waals surface area contributed by atoms with Gasteiger partial charge in [-0.25, -0.2) is 4.79 Å². The molecule has 0 aromatic heterocycles. The number of benzene rings is 4. The van der Waals surface area contributed by atoms with Gasteiger partial charge in [0.25, 0.3) is 0 Å². The summed E-state index contributed by atoms with van der Waals surface area (Å²) in [6, 6.07) is 29.1. The Morgan fingerprint density at radius 1 is 1.03 bits per heavy atom. The fraction of sp³-hybridized carbons (Fsp3) is 0.281. The number of carbonyl (C=O) groups is 1. The number of ether oxygens (including phenoxy) is 2. The minimum absolute atomic E-state index is 0. The van der Waals surface area contributed by atoms with Crippen molar-refractivity contribution in [3.05, 3.63) is 96.1 Å². The number of carboxylic acid groups (broad SMARTS) is 1. The van der Waals surface area contributed by atoms with Crippen LogP contribution in [0.1, 0.15) is 43.2 Å². The summed E-state index contributed by atoms with van der Waals surface area (Å²) < 4.78 is 11.8. The van der Waals surface area contributed by atoms with Crippen molar-refractivity contribution in [3.63, 3.8) is 0 Å². The van der Waals surface area contributed by atoms with E-state index in [2.05, 4.69) is 60.4 Å². The van der Waals surface area contributed by atoms with E-state index in [1.165, 1.54) is 16.3 Å². The third-order valence-electron chi connectivity index (χ3n) is 7.17. The molecule has 198 valence electrons. The Hall–Kier alpha value is -3.70. The predicted octanol–water partition coefficient (Wildman–Crippen LogP) is 7.91. The van der Waals surface area contributed by atoms with Crippen LogP contribution in [0.4, 0.5) is 11.4 Å². The molecule has 1 aliphatic heterocycles. The molecule has 1 heterocycles. The first kappa shape index (κ1) is 27.3. The lowest BCUT2D eigenvalue weighted by atomic mass is 9.90. The van der Waals surface area contributed by atoms with Gasteiger partial charge in [-0.05, 0) is 84.3 Å². The van der Waals surface area contributed by atoms with Gasteiger partial charge in [-0.1, -0.05) is 61.5 Å². The molecule has 0 saturated carbocycles. The van der Waals surface area contributed by atoms with Crippen molar-refractivity contribution < 1.29 is 19.4 Å². The number of anilines is 2. The molecular formula is C32H34ClNO4. The number of fused-ring (bicyclic) bond motifs is 2. The van der Waals surface area contributed by atoms with Crippen LogP contribution in [-0.2, 0) is 4.79 Å². The predicted molar refractivity (Wildman–Crippen MR) is 156 cm³/mol. The number of hydrogen-bond acceptors (Lipinski definition) is 4.